The van der Waals surface area contributed by atoms with Crippen molar-refractivity contribution in [2.75, 3.05) is 20.3 Å². The van der Waals surface area contributed by atoms with E-state index in [1.165, 1.54) is 5.56 Å². The van der Waals surface area contributed by atoms with Crippen molar-refractivity contribution in [2.24, 2.45) is 0 Å². The van der Waals surface area contributed by atoms with Gasteiger partial charge in [0.05, 0.1) is 10.9 Å². The molecule has 5 heteroatoms. The molecule has 0 aliphatic rings. The van der Waals surface area contributed by atoms with Crippen LogP contribution in [0.4, 0.5) is 0 Å². The van der Waals surface area contributed by atoms with E-state index in [-0.39, 0.29) is 0 Å². The molecular formula is C15H18ClNO2S. The first kappa shape index (κ1) is 15.3. The van der Waals surface area contributed by atoms with Gasteiger partial charge in [-0.15, -0.1) is 11.3 Å². The molecule has 20 heavy (non-hydrogen) atoms. The Bertz CT molecular complexity index is 513. The van der Waals surface area contributed by atoms with Crippen LogP contribution < -0.4 is 10.1 Å². The molecule has 2 aromatic rings. The summed E-state index contributed by atoms with van der Waals surface area (Å²) in [4.78, 5) is 1.13. The molecule has 1 aromatic heterocycles. The molecule has 0 fully saturated rings. The Morgan fingerprint density at radius 1 is 1.15 bits per heavy atom. The summed E-state index contributed by atoms with van der Waals surface area (Å²) in [5.74, 6) is 0.871. The molecule has 108 valence electrons. The van der Waals surface area contributed by atoms with Gasteiger partial charge in [0.1, 0.15) is 12.4 Å². The number of hydrogen-bond donors (Lipinski definition) is 1. The van der Waals surface area contributed by atoms with Crippen LogP contribution in [0.1, 0.15) is 10.4 Å². The van der Waals surface area contributed by atoms with E-state index >= 15 is 0 Å². The number of hydrogen-bond acceptors (Lipinski definition) is 4. The van der Waals surface area contributed by atoms with E-state index < -0.39 is 0 Å². The fraction of sp³-hybridized carbons (Fsp3) is 0.333. The Kier molecular flexibility index (Phi) is 6.33. The molecule has 0 aliphatic heterocycles. The Hall–Kier alpha value is -1.07. The predicted octanol–water partition coefficient (Wildman–Crippen LogP) is 3.72. The van der Waals surface area contributed by atoms with Crippen LogP contribution in [0, 0.1) is 0 Å². The zero-order valence-corrected chi connectivity index (χ0v) is 13.0. The molecule has 0 amide bonds. The first-order valence-electron chi connectivity index (χ1n) is 6.43. The standard InChI is InChI=1S/C15H18ClNO2S/c1-18-9-8-17-10-12-2-4-13(5-3-12)19-11-14-6-7-15(16)20-14/h2-7,17H,8-11H2,1H3. The number of thiophene rings is 1. The number of methoxy groups -OCH3 is 1. The lowest BCUT2D eigenvalue weighted by atomic mass is 10.2. The van der Waals surface area contributed by atoms with Gasteiger partial charge >= 0.3 is 0 Å². The largest absolute Gasteiger partial charge is 0.488 e. The second-order valence-electron chi connectivity index (χ2n) is 4.31. The van der Waals surface area contributed by atoms with E-state index in [2.05, 4.69) is 17.4 Å². The molecule has 1 N–H and O–H groups in total. The Balaban J connectivity index is 1.76. The topological polar surface area (TPSA) is 30.5 Å². The van der Waals surface area contributed by atoms with Gasteiger partial charge in [0.15, 0.2) is 0 Å². The lowest BCUT2D eigenvalue weighted by molar-refractivity contribution is 0.199. The maximum absolute atomic E-state index is 5.88. The van der Waals surface area contributed by atoms with E-state index in [1.54, 1.807) is 18.4 Å². The Morgan fingerprint density at radius 2 is 1.95 bits per heavy atom. The molecule has 0 spiro atoms. The van der Waals surface area contributed by atoms with E-state index in [0.29, 0.717) is 6.61 Å². The lowest BCUT2D eigenvalue weighted by Gasteiger charge is -2.07. The molecule has 0 saturated carbocycles. The lowest BCUT2D eigenvalue weighted by Crippen LogP contribution is -2.18. The van der Waals surface area contributed by atoms with Gasteiger partial charge < -0.3 is 14.8 Å². The Morgan fingerprint density at radius 3 is 2.60 bits per heavy atom. The minimum absolute atomic E-state index is 0.558. The van der Waals surface area contributed by atoms with E-state index in [0.717, 1.165) is 34.7 Å². The van der Waals surface area contributed by atoms with Crippen molar-refractivity contribution in [3.8, 4) is 5.75 Å². The van der Waals surface area contributed by atoms with E-state index in [4.69, 9.17) is 21.1 Å². The molecule has 1 aromatic carbocycles. The first-order chi connectivity index (χ1) is 9.78. The third kappa shape index (κ3) is 5.13. The smallest absolute Gasteiger partial charge is 0.122 e. The van der Waals surface area contributed by atoms with Gasteiger partial charge in [0.2, 0.25) is 0 Å². The summed E-state index contributed by atoms with van der Waals surface area (Å²) in [6, 6.07) is 12.0. The zero-order chi connectivity index (χ0) is 14.2. The van der Waals surface area contributed by atoms with Gasteiger partial charge in [0, 0.05) is 25.1 Å². The minimum atomic E-state index is 0.558. The SMILES string of the molecule is COCCNCc1ccc(OCc2ccc(Cl)s2)cc1. The molecule has 3 nitrogen and oxygen atoms in total. The summed E-state index contributed by atoms with van der Waals surface area (Å²) in [6.45, 7) is 2.98. The quantitative estimate of drug-likeness (QED) is 0.754. The van der Waals surface area contributed by atoms with Crippen LogP contribution in [0.5, 0.6) is 5.75 Å². The van der Waals surface area contributed by atoms with Crippen LogP contribution >= 0.6 is 22.9 Å². The molecular weight excluding hydrogens is 294 g/mol. The third-order valence-corrected chi connectivity index (χ3v) is 3.95. The van der Waals surface area contributed by atoms with Crippen molar-refractivity contribution >= 4 is 22.9 Å². The van der Waals surface area contributed by atoms with Crippen LogP contribution in [0.2, 0.25) is 4.34 Å². The predicted molar refractivity (Wildman–Crippen MR) is 83.7 cm³/mol. The third-order valence-electron chi connectivity index (χ3n) is 2.75. The molecule has 0 bridgehead atoms. The molecule has 0 unspecified atom stereocenters. The van der Waals surface area contributed by atoms with Crippen molar-refractivity contribution in [1.29, 1.82) is 0 Å². The molecule has 0 radical (unpaired) electrons. The van der Waals surface area contributed by atoms with E-state index in [1.807, 2.05) is 24.3 Å². The van der Waals surface area contributed by atoms with Crippen LogP contribution in [0.15, 0.2) is 36.4 Å². The highest BCUT2D eigenvalue weighted by atomic mass is 35.5. The summed E-state index contributed by atoms with van der Waals surface area (Å²) in [5.41, 5.74) is 1.23. The van der Waals surface area contributed by atoms with Gasteiger partial charge in [-0.2, -0.15) is 0 Å². The highest BCUT2D eigenvalue weighted by Gasteiger charge is 2.00. The summed E-state index contributed by atoms with van der Waals surface area (Å²) in [6.07, 6.45) is 0. The zero-order valence-electron chi connectivity index (χ0n) is 11.4. The second kappa shape index (κ2) is 8.27. The number of nitrogens with one attached hydrogen (secondary N) is 1. The highest BCUT2D eigenvalue weighted by molar-refractivity contribution is 7.16. The number of rotatable bonds is 8. The van der Waals surface area contributed by atoms with Crippen molar-refractivity contribution in [2.45, 2.75) is 13.2 Å². The average molecular weight is 312 g/mol. The van der Waals surface area contributed by atoms with Crippen LogP contribution in [-0.4, -0.2) is 20.3 Å². The minimum Gasteiger partial charge on any atom is -0.488 e. The normalized spacial score (nSPS) is 10.7. The number of benzene rings is 1. The van der Waals surface area contributed by atoms with Crippen LogP contribution in [0.25, 0.3) is 0 Å². The summed E-state index contributed by atoms with van der Waals surface area (Å²) in [5, 5.41) is 3.30. The summed E-state index contributed by atoms with van der Waals surface area (Å²) >= 11 is 7.43. The molecule has 0 aliphatic carbocycles. The van der Waals surface area contributed by atoms with Gasteiger partial charge in [-0.1, -0.05) is 23.7 Å². The monoisotopic (exact) mass is 311 g/mol. The molecule has 0 saturated heterocycles. The van der Waals surface area contributed by atoms with Gasteiger partial charge in [-0.05, 0) is 29.8 Å². The second-order valence-corrected chi connectivity index (χ2v) is 6.11. The van der Waals surface area contributed by atoms with Crippen molar-refractivity contribution < 1.29 is 9.47 Å². The fourth-order valence-electron chi connectivity index (χ4n) is 1.69. The van der Waals surface area contributed by atoms with Crippen molar-refractivity contribution in [3.05, 3.63) is 51.2 Å². The summed E-state index contributed by atoms with van der Waals surface area (Å²) in [7, 11) is 1.70. The molecule has 2 rings (SSSR count). The fourth-order valence-corrected chi connectivity index (χ4v) is 2.70. The van der Waals surface area contributed by atoms with Gasteiger partial charge in [-0.3, -0.25) is 0 Å². The average Bonchev–Trinajstić information content (AvgIpc) is 2.88. The highest BCUT2D eigenvalue weighted by Crippen LogP contribution is 2.23. The first-order valence-corrected chi connectivity index (χ1v) is 7.63. The van der Waals surface area contributed by atoms with Crippen molar-refractivity contribution in [3.63, 3.8) is 0 Å². The van der Waals surface area contributed by atoms with Crippen LogP contribution in [0.3, 0.4) is 0 Å². The maximum atomic E-state index is 5.88. The summed E-state index contributed by atoms with van der Waals surface area (Å²) < 4.78 is 11.5. The molecule has 1 heterocycles. The maximum Gasteiger partial charge on any atom is 0.122 e. The molecule has 0 atom stereocenters. The number of halogens is 1. The van der Waals surface area contributed by atoms with E-state index in [9.17, 15) is 0 Å². The van der Waals surface area contributed by atoms with Gasteiger partial charge in [0.25, 0.3) is 0 Å². The van der Waals surface area contributed by atoms with Crippen LogP contribution in [-0.2, 0) is 17.9 Å². The van der Waals surface area contributed by atoms with Gasteiger partial charge in [-0.25, -0.2) is 0 Å². The van der Waals surface area contributed by atoms with Crippen molar-refractivity contribution in [1.82, 2.24) is 5.32 Å². The Labute approximate surface area is 128 Å². The number of ether oxygens (including phenoxy) is 2.